The first kappa shape index (κ1) is 25.5. The molecule has 1 amide bonds. The van der Waals surface area contributed by atoms with Crippen molar-refractivity contribution >= 4 is 51.3 Å². The molecule has 0 aromatic heterocycles. The summed E-state index contributed by atoms with van der Waals surface area (Å²) >= 11 is 0. The molecule has 1 rings (SSSR count). The third kappa shape index (κ3) is 7.38. The quantitative estimate of drug-likeness (QED) is 0.292. The first-order chi connectivity index (χ1) is 13.7. The molecule has 0 saturated heterocycles. The van der Waals surface area contributed by atoms with Crippen LogP contribution in [0.25, 0.3) is 0 Å². The minimum atomic E-state index is -5.05. The number of nitrogens with one attached hydrogen (secondary N) is 1. The number of rotatable bonds is 7. The number of anilines is 1. The van der Waals surface area contributed by atoms with Gasteiger partial charge < -0.3 is 15.1 Å². The van der Waals surface area contributed by atoms with Crippen LogP contribution in [0, 0.1) is 0 Å². The molecule has 0 aliphatic rings. The van der Waals surface area contributed by atoms with Crippen molar-refractivity contribution < 1.29 is 32.5 Å². The Hall–Kier alpha value is -2.53. The molecule has 0 bridgehead atoms. The normalized spacial score (nSPS) is 13.1. The van der Waals surface area contributed by atoms with Gasteiger partial charge in [-0.1, -0.05) is 33.4 Å². The smallest absolute Gasteiger partial charge is 0.469 e. The second-order valence-electron chi connectivity index (χ2n) is 6.67. The molecule has 0 radical (unpaired) electrons. The van der Waals surface area contributed by atoms with E-state index >= 15 is 0 Å². The number of carbonyl (C=O) groups is 2. The number of esters is 1. The van der Waals surface area contributed by atoms with Crippen molar-refractivity contribution in [2.75, 3.05) is 12.4 Å². The first-order valence-electron chi connectivity index (χ1n) is 8.67. The van der Waals surface area contributed by atoms with E-state index in [1.54, 1.807) is 32.1 Å². The fourth-order valence-electron chi connectivity index (χ4n) is 2.40. The molecule has 1 aromatic rings. The number of nitrogens with zero attached hydrogens (tertiary/aromatic N) is 1. The molecule has 0 aliphatic carbocycles. The number of benzene rings is 1. The largest absolute Gasteiger partial charge is 0.471 e. The number of ether oxygens (including phenoxy) is 1. The second kappa shape index (κ2) is 9.99. The van der Waals surface area contributed by atoms with Gasteiger partial charge in [-0.2, -0.15) is 13.2 Å². The SMILES string of the molecule is C=S(=C)(N=C(C)/C=C(\C)B(C)O)c1ccc(NC(=O)C(F)(F)F)cc1CC(=O)OC. The van der Waals surface area contributed by atoms with E-state index in [-0.39, 0.29) is 17.7 Å². The van der Waals surface area contributed by atoms with Gasteiger partial charge in [0.05, 0.1) is 13.5 Å². The lowest BCUT2D eigenvalue weighted by molar-refractivity contribution is -0.167. The van der Waals surface area contributed by atoms with Crippen molar-refractivity contribution in [3.63, 3.8) is 0 Å². The van der Waals surface area contributed by atoms with E-state index in [0.717, 1.165) is 0 Å². The Kier molecular flexibility index (Phi) is 8.49. The third-order valence-electron chi connectivity index (χ3n) is 3.96. The van der Waals surface area contributed by atoms with Crippen molar-refractivity contribution in [2.24, 2.45) is 4.40 Å². The number of hydrogen-bond donors (Lipinski definition) is 2. The van der Waals surface area contributed by atoms with Crippen LogP contribution in [-0.2, 0) is 20.7 Å². The number of alkyl halides is 3. The highest BCUT2D eigenvalue weighted by Crippen LogP contribution is 2.38. The predicted molar refractivity (Wildman–Crippen MR) is 118 cm³/mol. The number of amides is 1. The maximum absolute atomic E-state index is 12.5. The number of carbonyl (C=O) groups excluding carboxylic acids is 2. The van der Waals surface area contributed by atoms with E-state index in [0.29, 0.717) is 16.1 Å². The highest BCUT2D eigenvalue weighted by molar-refractivity contribution is 8.26. The zero-order valence-electron chi connectivity index (χ0n) is 17.2. The Labute approximate surface area is 174 Å². The summed E-state index contributed by atoms with van der Waals surface area (Å²) in [5, 5.41) is 11.4. The molecular weight excluding hydrogens is 420 g/mol. The Morgan fingerprint density at radius 3 is 2.43 bits per heavy atom. The Morgan fingerprint density at radius 2 is 1.93 bits per heavy atom. The third-order valence-corrected chi connectivity index (χ3v) is 5.82. The van der Waals surface area contributed by atoms with Crippen LogP contribution in [-0.4, -0.2) is 54.6 Å². The van der Waals surface area contributed by atoms with Gasteiger partial charge in [-0.15, -0.1) is 0 Å². The van der Waals surface area contributed by atoms with Gasteiger partial charge in [-0.25, -0.2) is 4.40 Å². The van der Waals surface area contributed by atoms with Gasteiger partial charge in [0, 0.05) is 16.3 Å². The number of hydrogen-bond acceptors (Lipinski definition) is 5. The van der Waals surface area contributed by atoms with Crippen LogP contribution in [0.2, 0.25) is 6.82 Å². The predicted octanol–water partition coefficient (Wildman–Crippen LogP) is 3.41. The molecule has 0 spiro atoms. The average Bonchev–Trinajstić information content (AvgIpc) is 2.59. The van der Waals surface area contributed by atoms with E-state index in [1.165, 1.54) is 25.3 Å². The van der Waals surface area contributed by atoms with Crippen molar-refractivity contribution in [2.45, 2.75) is 38.2 Å². The lowest BCUT2D eigenvalue weighted by Crippen LogP contribution is -2.30. The molecule has 0 unspecified atom stereocenters. The summed E-state index contributed by atoms with van der Waals surface area (Å²) in [5.74, 6) is 5.30. The van der Waals surface area contributed by atoms with Crippen LogP contribution in [0.5, 0.6) is 0 Å². The molecule has 0 heterocycles. The van der Waals surface area contributed by atoms with Gasteiger partial charge in [0.25, 0.3) is 0 Å². The van der Waals surface area contributed by atoms with Gasteiger partial charge in [-0.05, 0) is 43.7 Å². The zero-order valence-corrected chi connectivity index (χ0v) is 18.0. The van der Waals surface area contributed by atoms with Crippen LogP contribution in [0.3, 0.4) is 0 Å². The van der Waals surface area contributed by atoms with Crippen molar-refractivity contribution in [1.82, 2.24) is 0 Å². The first-order valence-corrected chi connectivity index (χ1v) is 10.6. The number of allylic oxidation sites excluding steroid dienone is 2. The molecule has 30 heavy (non-hydrogen) atoms. The van der Waals surface area contributed by atoms with Crippen molar-refractivity contribution in [3.8, 4) is 0 Å². The zero-order chi connectivity index (χ0) is 23.3. The van der Waals surface area contributed by atoms with E-state index in [4.69, 9.17) is 0 Å². The van der Waals surface area contributed by atoms with Gasteiger partial charge in [0.1, 0.15) is 0 Å². The van der Waals surface area contributed by atoms with Crippen LogP contribution in [0.15, 0.2) is 39.0 Å². The van der Waals surface area contributed by atoms with Crippen LogP contribution >= 0.6 is 9.39 Å². The molecule has 164 valence electrons. The van der Waals surface area contributed by atoms with Crippen molar-refractivity contribution in [1.29, 1.82) is 0 Å². The van der Waals surface area contributed by atoms with E-state index in [9.17, 15) is 27.8 Å². The summed E-state index contributed by atoms with van der Waals surface area (Å²) in [6.07, 6.45) is -3.65. The minimum Gasteiger partial charge on any atom is -0.469 e. The summed E-state index contributed by atoms with van der Waals surface area (Å²) in [7, 11) is -1.19. The van der Waals surface area contributed by atoms with Gasteiger partial charge in [0.15, 0.2) is 0 Å². The molecule has 0 aliphatic heterocycles. The summed E-state index contributed by atoms with van der Waals surface area (Å²) in [6, 6.07) is 3.94. The summed E-state index contributed by atoms with van der Waals surface area (Å²) < 4.78 is 46.7. The standard InChI is InChI=1S/C19H24BF3N2O4S/c1-12(20(3)28)9-13(2)25-30(5,6)16-8-7-15(24-18(27)19(21,22)23)10-14(16)11-17(26)29-4/h7-10,28H,5-6,11H2,1-4H3,(H,24,27)/b12-9+,25-13?. The van der Waals surface area contributed by atoms with Gasteiger partial charge in [0.2, 0.25) is 0 Å². The summed E-state index contributed by atoms with van der Waals surface area (Å²) in [5.41, 5.74) is 1.36. The van der Waals surface area contributed by atoms with E-state index in [1.807, 2.05) is 0 Å². The van der Waals surface area contributed by atoms with Crippen LogP contribution < -0.4 is 5.32 Å². The molecule has 11 heteroatoms. The Balaban J connectivity index is 3.44. The van der Waals surface area contributed by atoms with E-state index < -0.39 is 34.4 Å². The highest BCUT2D eigenvalue weighted by atomic mass is 32.2. The maximum Gasteiger partial charge on any atom is 0.471 e. The molecule has 6 nitrogen and oxygen atoms in total. The summed E-state index contributed by atoms with van der Waals surface area (Å²) in [6.45, 7) is 4.37. The molecule has 0 atom stereocenters. The maximum atomic E-state index is 12.5. The van der Waals surface area contributed by atoms with Crippen molar-refractivity contribution in [3.05, 3.63) is 35.3 Å². The lowest BCUT2D eigenvalue weighted by atomic mass is 9.64. The monoisotopic (exact) mass is 444 g/mol. The molecule has 1 aromatic carbocycles. The fourth-order valence-corrected chi connectivity index (χ4v) is 4.04. The lowest BCUT2D eigenvalue weighted by Gasteiger charge is -2.17. The van der Waals surface area contributed by atoms with Crippen LogP contribution in [0.1, 0.15) is 19.4 Å². The van der Waals surface area contributed by atoms with Crippen LogP contribution in [0.4, 0.5) is 18.9 Å². The highest BCUT2D eigenvalue weighted by Gasteiger charge is 2.38. The minimum absolute atomic E-state index is 0.138. The summed E-state index contributed by atoms with van der Waals surface area (Å²) in [4.78, 5) is 23.5. The average molecular weight is 444 g/mol. The molecule has 2 N–H and O–H groups in total. The Morgan fingerprint density at radius 1 is 1.33 bits per heavy atom. The van der Waals surface area contributed by atoms with Gasteiger partial charge in [-0.3, -0.25) is 9.59 Å². The topological polar surface area (TPSA) is 88.0 Å². The molecule has 0 saturated carbocycles. The molecule has 0 fully saturated rings. The number of halogens is 3. The fraction of sp³-hybridized carbons (Fsp3) is 0.316. The second-order valence-corrected chi connectivity index (χ2v) is 8.97. The van der Waals surface area contributed by atoms with Gasteiger partial charge >= 0.3 is 25.0 Å². The molecular formula is C19H24BF3N2O4S. The Bertz CT molecular complexity index is 984. The number of methoxy groups -OCH3 is 1. The van der Waals surface area contributed by atoms with E-state index in [2.05, 4.69) is 20.9 Å².